The topological polar surface area (TPSA) is 129 Å². The smallest absolute Gasteiger partial charge is 0.187 e. The third-order valence-corrected chi connectivity index (χ3v) is 7.58. The average molecular weight is 601 g/mol. The van der Waals surface area contributed by atoms with Gasteiger partial charge in [-0.1, -0.05) is 0 Å². The van der Waals surface area contributed by atoms with Crippen molar-refractivity contribution < 1.29 is 66.3 Å². The molecule has 2 aliphatic rings. The number of hydrogen-bond donors (Lipinski definition) is 0. The molecule has 0 amide bonds. The fraction of sp³-hybridized carbons (Fsp3) is 1.00. The van der Waals surface area contributed by atoms with E-state index >= 15 is 0 Å². The van der Waals surface area contributed by atoms with Gasteiger partial charge in [-0.15, -0.1) is 0 Å². The molecule has 0 saturated carbocycles. The van der Waals surface area contributed by atoms with Crippen LogP contribution in [-0.2, 0) is 66.3 Å². The lowest BCUT2D eigenvalue weighted by atomic mass is 9.96. The first-order valence-electron chi connectivity index (χ1n) is 13.6. The monoisotopic (exact) mass is 600 g/mol. The van der Waals surface area contributed by atoms with Crippen molar-refractivity contribution in [3.8, 4) is 0 Å². The van der Waals surface area contributed by atoms with E-state index in [-0.39, 0.29) is 32.0 Å². The van der Waals surface area contributed by atoms with Crippen molar-refractivity contribution in [2.45, 2.75) is 86.6 Å². The molecule has 14 heteroatoms. The molecule has 13 atom stereocenters. The molecule has 0 N–H and O–H groups in total. The zero-order chi connectivity index (χ0) is 30.5. The van der Waals surface area contributed by atoms with Crippen LogP contribution in [0.25, 0.3) is 0 Å². The predicted octanol–water partition coefficient (Wildman–Crippen LogP) is 0.271. The van der Waals surface area contributed by atoms with Crippen molar-refractivity contribution >= 4 is 0 Å². The molecular weight excluding hydrogens is 548 g/mol. The van der Waals surface area contributed by atoms with Gasteiger partial charge >= 0.3 is 0 Å². The molecule has 0 radical (unpaired) electrons. The summed E-state index contributed by atoms with van der Waals surface area (Å²) in [6.07, 6.45) is -8.06. The van der Waals surface area contributed by atoms with Gasteiger partial charge in [-0.25, -0.2) is 0 Å². The summed E-state index contributed by atoms with van der Waals surface area (Å²) in [5.41, 5.74) is 0. The fourth-order valence-corrected chi connectivity index (χ4v) is 5.62. The van der Waals surface area contributed by atoms with Crippen molar-refractivity contribution in [1.29, 1.82) is 0 Å². The Bertz CT molecular complexity index is 688. The van der Waals surface area contributed by atoms with Gasteiger partial charge in [-0.2, -0.15) is 0 Å². The van der Waals surface area contributed by atoms with Crippen LogP contribution in [0.2, 0.25) is 0 Å². The Morgan fingerprint density at radius 3 is 1.59 bits per heavy atom. The third-order valence-electron chi connectivity index (χ3n) is 7.58. The quantitative estimate of drug-likeness (QED) is 0.201. The van der Waals surface area contributed by atoms with E-state index in [1.54, 1.807) is 71.1 Å². The Morgan fingerprint density at radius 2 is 1.10 bits per heavy atom. The van der Waals surface area contributed by atoms with Crippen LogP contribution in [0.3, 0.4) is 0 Å². The van der Waals surface area contributed by atoms with Crippen molar-refractivity contribution in [1.82, 2.24) is 0 Å². The Balaban J connectivity index is 2.48. The molecule has 0 spiro atoms. The molecule has 41 heavy (non-hydrogen) atoms. The molecule has 0 aromatic rings. The lowest BCUT2D eigenvalue weighted by molar-refractivity contribution is -0.379. The maximum absolute atomic E-state index is 6.62. The number of rotatable bonds is 19. The minimum Gasteiger partial charge on any atom is -0.382 e. The molecule has 14 nitrogen and oxygen atoms in total. The molecule has 2 aliphatic heterocycles. The first-order valence-corrected chi connectivity index (χ1v) is 13.6. The van der Waals surface area contributed by atoms with Crippen LogP contribution in [0, 0.1) is 0 Å². The van der Waals surface area contributed by atoms with E-state index in [0.29, 0.717) is 0 Å². The van der Waals surface area contributed by atoms with Crippen molar-refractivity contribution in [2.24, 2.45) is 0 Å². The summed E-state index contributed by atoms with van der Waals surface area (Å²) in [5.74, 6) is 0. The highest BCUT2D eigenvalue weighted by Crippen LogP contribution is 2.34. The van der Waals surface area contributed by atoms with Gasteiger partial charge in [0.15, 0.2) is 12.6 Å². The summed E-state index contributed by atoms with van der Waals surface area (Å²) in [7, 11) is 15.8. The van der Waals surface area contributed by atoms with Crippen molar-refractivity contribution in [3.63, 3.8) is 0 Å². The van der Waals surface area contributed by atoms with Gasteiger partial charge in [-0.3, -0.25) is 0 Å². The average Bonchev–Trinajstić information content (AvgIpc) is 2.97. The van der Waals surface area contributed by atoms with Gasteiger partial charge < -0.3 is 66.3 Å². The van der Waals surface area contributed by atoms with E-state index < -0.39 is 67.5 Å². The van der Waals surface area contributed by atoms with Crippen LogP contribution in [0.1, 0.15) is 6.92 Å². The highest BCUT2D eigenvalue weighted by molar-refractivity contribution is 4.96. The van der Waals surface area contributed by atoms with Crippen molar-refractivity contribution in [3.05, 3.63) is 0 Å². The van der Waals surface area contributed by atoms with E-state index in [1.165, 1.54) is 0 Å². The van der Waals surface area contributed by atoms with Crippen LogP contribution in [0.4, 0.5) is 0 Å². The fourth-order valence-electron chi connectivity index (χ4n) is 5.62. The second kappa shape index (κ2) is 19.0. The maximum atomic E-state index is 6.62. The molecule has 2 fully saturated rings. The standard InChI is InChI=1S/C27H52O14/c1-15-19(32-6)22(35-9)24(37-11)26(38-15)41-25-23(36-10)21(34-8)18(14-30-4)40-27(25)39-17(13-29-3)20(33-7)16(31-5)12-28-2/h15-27H,12-14H2,1-11H3/t15-,16-,17-,18+,19+,20-,21-,22+,23-,24-,25+,26+,27+/m0/s1. The van der Waals surface area contributed by atoms with Crippen LogP contribution < -0.4 is 0 Å². The van der Waals surface area contributed by atoms with Crippen LogP contribution in [-0.4, -0.2) is 171 Å². The van der Waals surface area contributed by atoms with Crippen molar-refractivity contribution in [2.75, 3.05) is 90.9 Å². The van der Waals surface area contributed by atoms with Gasteiger partial charge in [0.25, 0.3) is 0 Å². The summed E-state index contributed by atoms with van der Waals surface area (Å²) in [4.78, 5) is 0. The zero-order valence-electron chi connectivity index (χ0n) is 26.3. The maximum Gasteiger partial charge on any atom is 0.187 e. The Hall–Kier alpha value is -0.560. The molecule has 2 heterocycles. The molecule has 2 saturated heterocycles. The first kappa shape index (κ1) is 36.6. The van der Waals surface area contributed by atoms with Crippen LogP contribution in [0.15, 0.2) is 0 Å². The Labute approximate surface area is 244 Å². The number of hydrogen-bond acceptors (Lipinski definition) is 14. The molecule has 0 aromatic heterocycles. The minimum absolute atomic E-state index is 0.161. The summed E-state index contributed by atoms with van der Waals surface area (Å²) < 4.78 is 82.6. The second-order valence-electron chi connectivity index (χ2n) is 9.87. The summed E-state index contributed by atoms with van der Waals surface area (Å²) in [6.45, 7) is 2.53. The van der Waals surface area contributed by atoms with E-state index in [1.807, 2.05) is 6.92 Å². The molecular formula is C27H52O14. The Morgan fingerprint density at radius 1 is 0.537 bits per heavy atom. The minimum atomic E-state index is -0.998. The van der Waals surface area contributed by atoms with Crippen LogP contribution in [0.5, 0.6) is 0 Å². The molecule has 0 unspecified atom stereocenters. The normalized spacial score (nSPS) is 36.7. The summed E-state index contributed by atoms with van der Waals surface area (Å²) in [6, 6.07) is 0. The lowest BCUT2D eigenvalue weighted by Crippen LogP contribution is -2.66. The molecule has 2 rings (SSSR count). The van der Waals surface area contributed by atoms with E-state index in [0.717, 1.165) is 0 Å². The van der Waals surface area contributed by atoms with Gasteiger partial charge in [0.1, 0.15) is 61.0 Å². The third kappa shape index (κ3) is 8.99. The van der Waals surface area contributed by atoms with Gasteiger partial charge in [0.05, 0.1) is 25.9 Å². The first-order chi connectivity index (χ1) is 19.8. The number of methoxy groups -OCH3 is 10. The second-order valence-corrected chi connectivity index (χ2v) is 9.87. The molecule has 244 valence electrons. The molecule has 0 aliphatic carbocycles. The highest BCUT2D eigenvalue weighted by Gasteiger charge is 2.53. The lowest BCUT2D eigenvalue weighted by Gasteiger charge is -2.49. The van der Waals surface area contributed by atoms with Gasteiger partial charge in [-0.05, 0) is 6.92 Å². The Kier molecular flexibility index (Phi) is 16.9. The SMILES string of the molecule is COC[C@H](OC)[C@H](OC)[C@H](COC)O[C@@H]1O[C@H](COC)[C@H](OC)[C@H](OC)[C@H]1O[C@H]1O[C@@H](C)[C@@H](OC)[C@@H](OC)[C@@H]1OC. The number of ether oxygens (including phenoxy) is 14. The van der Waals surface area contributed by atoms with Crippen LogP contribution >= 0.6 is 0 Å². The molecule has 0 bridgehead atoms. The van der Waals surface area contributed by atoms with Gasteiger partial charge in [0, 0.05) is 71.1 Å². The highest BCUT2D eigenvalue weighted by atomic mass is 16.8. The summed E-state index contributed by atoms with van der Waals surface area (Å²) >= 11 is 0. The van der Waals surface area contributed by atoms with E-state index in [2.05, 4.69) is 0 Å². The predicted molar refractivity (Wildman–Crippen MR) is 144 cm³/mol. The van der Waals surface area contributed by atoms with Gasteiger partial charge in [0.2, 0.25) is 0 Å². The summed E-state index contributed by atoms with van der Waals surface area (Å²) in [5, 5.41) is 0. The van der Waals surface area contributed by atoms with E-state index in [4.69, 9.17) is 66.3 Å². The molecule has 0 aromatic carbocycles. The largest absolute Gasteiger partial charge is 0.382 e. The zero-order valence-corrected chi connectivity index (χ0v) is 26.3. The van der Waals surface area contributed by atoms with E-state index in [9.17, 15) is 0 Å².